The van der Waals surface area contributed by atoms with Crippen LogP contribution in [0.2, 0.25) is 0 Å². The maximum atomic E-state index is 12.4. The number of ketones is 1. The minimum atomic E-state index is -1.42. The van der Waals surface area contributed by atoms with Crippen molar-refractivity contribution in [2.24, 2.45) is 0 Å². The van der Waals surface area contributed by atoms with Crippen molar-refractivity contribution in [2.75, 3.05) is 12.3 Å². The number of Topliss-reactive ketones (excluding diaryl/α,β-unsaturated/α-hetero) is 1. The normalized spacial score (nSPS) is 12.3. The molecule has 0 aliphatic carbocycles. The summed E-state index contributed by atoms with van der Waals surface area (Å²) in [6.07, 6.45) is 10.2. The average Bonchev–Trinajstić information content (AvgIpc) is 2.50. The summed E-state index contributed by atoms with van der Waals surface area (Å²) in [5.74, 6) is 0.240. The predicted octanol–water partition coefficient (Wildman–Crippen LogP) is 6.49. The van der Waals surface area contributed by atoms with Gasteiger partial charge in [0.2, 0.25) is 0 Å². The van der Waals surface area contributed by atoms with Crippen LogP contribution in [-0.4, -0.2) is 18.1 Å². The van der Waals surface area contributed by atoms with Crippen molar-refractivity contribution >= 4 is 13.6 Å². The van der Waals surface area contributed by atoms with E-state index in [1.165, 1.54) is 31.2 Å². The van der Waals surface area contributed by atoms with Crippen molar-refractivity contribution in [3.8, 4) is 0 Å². The Morgan fingerprint density at radius 3 is 2.00 bits per heavy atom. The maximum absolute atomic E-state index is 12.4. The first-order valence-corrected chi connectivity index (χ1v) is 11.4. The summed E-state index contributed by atoms with van der Waals surface area (Å²) in [7, 11) is -1.42. The number of benzene rings is 1. The topological polar surface area (TPSA) is 34.1 Å². The molecule has 1 atom stereocenters. The summed E-state index contributed by atoms with van der Waals surface area (Å²) in [4.78, 5) is 12.4. The van der Waals surface area contributed by atoms with Gasteiger partial charge in [0.25, 0.3) is 0 Å². The molecule has 0 aromatic heterocycles. The highest BCUT2D eigenvalue weighted by molar-refractivity contribution is 7.44. The van der Waals surface area contributed by atoms with E-state index in [9.17, 15) is 9.36 Å². The minimum absolute atomic E-state index is 0.240. The van der Waals surface area contributed by atoms with Crippen molar-refractivity contribution in [3.63, 3.8) is 0 Å². The molecular weight excluding hydrogens is 315 g/mol. The van der Waals surface area contributed by atoms with E-state index in [1.807, 2.05) is 13.8 Å². The van der Waals surface area contributed by atoms with Gasteiger partial charge in [-0.3, -0.25) is 4.79 Å². The first-order valence-electron chi connectivity index (χ1n) is 9.58. The summed E-state index contributed by atoms with van der Waals surface area (Å²) in [5.41, 5.74) is 4.26. The minimum Gasteiger partial charge on any atom is -0.327 e. The van der Waals surface area contributed by atoms with Crippen molar-refractivity contribution in [1.82, 2.24) is 0 Å². The van der Waals surface area contributed by atoms with Gasteiger partial charge in [-0.15, -0.1) is 0 Å². The standard InChI is InChI=1S/C21H35O2P/c1-5-6-7-8-10-13-24(23)14-11-9-12-20(22)21-18(3)15-17(2)16-19(21)4/h15-16,24H,5-14H2,1-4H3. The number of unbranched alkanes of at least 4 members (excludes halogenated alkanes) is 5. The third kappa shape index (κ3) is 7.79. The predicted molar refractivity (Wildman–Crippen MR) is 106 cm³/mol. The molecular formula is C21H35O2P. The van der Waals surface area contributed by atoms with Crippen LogP contribution in [0, 0.1) is 20.8 Å². The lowest BCUT2D eigenvalue weighted by Gasteiger charge is -2.10. The highest BCUT2D eigenvalue weighted by Gasteiger charge is 2.12. The van der Waals surface area contributed by atoms with Crippen molar-refractivity contribution in [2.45, 2.75) is 79.1 Å². The molecule has 1 aromatic rings. The van der Waals surface area contributed by atoms with E-state index in [4.69, 9.17) is 0 Å². The van der Waals surface area contributed by atoms with Crippen LogP contribution in [0.5, 0.6) is 0 Å². The smallest absolute Gasteiger partial charge is 0.163 e. The van der Waals surface area contributed by atoms with Crippen LogP contribution in [-0.2, 0) is 4.57 Å². The number of hydrogen-bond donors (Lipinski definition) is 0. The van der Waals surface area contributed by atoms with E-state index in [2.05, 4.69) is 26.0 Å². The number of carbonyl (C=O) groups excluding carboxylic acids is 1. The molecule has 0 radical (unpaired) electrons. The van der Waals surface area contributed by atoms with Gasteiger partial charge in [0.15, 0.2) is 5.78 Å². The van der Waals surface area contributed by atoms with Gasteiger partial charge in [-0.25, -0.2) is 0 Å². The molecule has 0 saturated heterocycles. The van der Waals surface area contributed by atoms with Crippen LogP contribution in [0.3, 0.4) is 0 Å². The zero-order valence-corrected chi connectivity index (χ0v) is 17.0. The lowest BCUT2D eigenvalue weighted by molar-refractivity contribution is 0.0978. The molecule has 3 heteroatoms. The molecule has 0 spiro atoms. The fourth-order valence-corrected chi connectivity index (χ4v) is 4.94. The number of aryl methyl sites for hydroxylation is 3. The molecule has 0 bridgehead atoms. The molecule has 0 N–H and O–H groups in total. The maximum Gasteiger partial charge on any atom is 0.163 e. The second kappa shape index (κ2) is 11.6. The molecule has 136 valence electrons. The van der Waals surface area contributed by atoms with Gasteiger partial charge in [0.05, 0.1) is 7.80 Å². The van der Waals surface area contributed by atoms with Gasteiger partial charge < -0.3 is 4.57 Å². The lowest BCUT2D eigenvalue weighted by Crippen LogP contribution is -2.05. The molecule has 0 aliphatic heterocycles. The third-order valence-corrected chi connectivity index (χ3v) is 6.45. The summed E-state index contributed by atoms with van der Waals surface area (Å²) >= 11 is 0. The first kappa shape index (κ1) is 21.2. The monoisotopic (exact) mass is 350 g/mol. The highest BCUT2D eigenvalue weighted by Crippen LogP contribution is 2.25. The van der Waals surface area contributed by atoms with Crippen LogP contribution in [0.1, 0.15) is 85.3 Å². The van der Waals surface area contributed by atoms with E-state index in [1.54, 1.807) is 0 Å². The second-order valence-corrected chi connectivity index (χ2v) is 9.18. The van der Waals surface area contributed by atoms with Gasteiger partial charge in [0, 0.05) is 12.0 Å². The number of rotatable bonds is 12. The zero-order valence-electron chi connectivity index (χ0n) is 16.0. The molecule has 0 heterocycles. The molecule has 0 fully saturated rings. The Bertz CT molecular complexity index is 526. The summed E-state index contributed by atoms with van der Waals surface area (Å²) in [6.45, 7) is 8.31. The first-order chi connectivity index (χ1) is 11.5. The largest absolute Gasteiger partial charge is 0.327 e. The van der Waals surface area contributed by atoms with Crippen LogP contribution >= 0.6 is 7.80 Å². The van der Waals surface area contributed by atoms with E-state index < -0.39 is 7.80 Å². The van der Waals surface area contributed by atoms with Gasteiger partial charge in [0.1, 0.15) is 0 Å². The molecule has 1 unspecified atom stereocenters. The van der Waals surface area contributed by atoms with Crippen LogP contribution < -0.4 is 0 Å². The SMILES string of the molecule is CCCCCCC[PH](=O)CCCCC(=O)c1c(C)cc(C)cc1C. The molecule has 1 rings (SSSR count). The molecule has 1 aromatic carbocycles. The summed E-state index contributed by atoms with van der Waals surface area (Å²) < 4.78 is 12.0. The number of hydrogen-bond acceptors (Lipinski definition) is 2. The fraction of sp³-hybridized carbons (Fsp3) is 0.667. The van der Waals surface area contributed by atoms with Gasteiger partial charge in [-0.1, -0.05) is 50.3 Å². The Morgan fingerprint density at radius 2 is 1.42 bits per heavy atom. The molecule has 2 nitrogen and oxygen atoms in total. The molecule has 24 heavy (non-hydrogen) atoms. The highest BCUT2D eigenvalue weighted by atomic mass is 31.1. The second-order valence-electron chi connectivity index (χ2n) is 7.11. The fourth-order valence-electron chi connectivity index (χ4n) is 3.40. The Balaban J connectivity index is 2.26. The van der Waals surface area contributed by atoms with Gasteiger partial charge >= 0.3 is 0 Å². The Kier molecular flexibility index (Phi) is 10.3. The van der Waals surface area contributed by atoms with Crippen molar-refractivity contribution < 1.29 is 9.36 Å². The molecule has 0 saturated carbocycles. The van der Waals surface area contributed by atoms with Gasteiger partial charge in [-0.2, -0.15) is 0 Å². The van der Waals surface area contributed by atoms with Crippen LogP contribution in [0.4, 0.5) is 0 Å². The van der Waals surface area contributed by atoms with Crippen LogP contribution in [0.15, 0.2) is 12.1 Å². The van der Waals surface area contributed by atoms with E-state index in [0.717, 1.165) is 48.3 Å². The third-order valence-electron chi connectivity index (χ3n) is 4.62. The quantitative estimate of drug-likeness (QED) is 0.245. The van der Waals surface area contributed by atoms with E-state index >= 15 is 0 Å². The summed E-state index contributed by atoms with van der Waals surface area (Å²) in [6, 6.07) is 4.16. The summed E-state index contributed by atoms with van der Waals surface area (Å²) in [5, 5.41) is 0. The number of carbonyl (C=O) groups is 1. The Labute approximate surface area is 149 Å². The van der Waals surface area contributed by atoms with Crippen LogP contribution in [0.25, 0.3) is 0 Å². The van der Waals surface area contributed by atoms with Crippen molar-refractivity contribution in [3.05, 3.63) is 34.4 Å². The zero-order chi connectivity index (χ0) is 17.9. The van der Waals surface area contributed by atoms with Gasteiger partial charge in [-0.05, 0) is 63.5 Å². The average molecular weight is 350 g/mol. The van der Waals surface area contributed by atoms with E-state index in [-0.39, 0.29) is 5.78 Å². The molecule has 0 amide bonds. The Morgan fingerprint density at radius 1 is 0.875 bits per heavy atom. The molecule has 0 aliphatic rings. The Hall–Kier alpha value is -0.880. The van der Waals surface area contributed by atoms with Crippen molar-refractivity contribution in [1.29, 1.82) is 0 Å². The van der Waals surface area contributed by atoms with E-state index in [0.29, 0.717) is 6.42 Å². The lowest BCUT2D eigenvalue weighted by atomic mass is 9.94.